The van der Waals surface area contributed by atoms with Gasteiger partial charge >= 0.3 is 6.18 Å². The van der Waals surface area contributed by atoms with Crippen LogP contribution in [0.5, 0.6) is 0 Å². The molecule has 1 aliphatic rings. The van der Waals surface area contributed by atoms with Gasteiger partial charge in [-0.15, -0.1) is 11.8 Å². The Labute approximate surface area is 80.0 Å². The normalized spacial score (nSPS) is 27.2. The summed E-state index contributed by atoms with van der Waals surface area (Å²) in [5.74, 6) is 0. The molecule has 0 aromatic carbocycles. The number of alkyl halides is 3. The van der Waals surface area contributed by atoms with E-state index in [0.717, 1.165) is 24.6 Å². The molecule has 0 radical (unpaired) electrons. The summed E-state index contributed by atoms with van der Waals surface area (Å²) in [6.45, 7) is 2.36. The van der Waals surface area contributed by atoms with Gasteiger partial charge in [0.1, 0.15) is 0 Å². The zero-order chi connectivity index (χ0) is 9.90. The van der Waals surface area contributed by atoms with Gasteiger partial charge in [-0.25, -0.2) is 0 Å². The minimum Gasteiger partial charge on any atom is -0.380 e. The number of ether oxygens (including phenoxy) is 1. The van der Waals surface area contributed by atoms with Gasteiger partial charge in [0, 0.05) is 11.9 Å². The van der Waals surface area contributed by atoms with E-state index < -0.39 is 11.4 Å². The smallest absolute Gasteiger partial charge is 0.380 e. The van der Waals surface area contributed by atoms with E-state index in [1.54, 1.807) is 0 Å². The lowest BCUT2D eigenvalue weighted by Gasteiger charge is -2.25. The first-order valence-electron chi connectivity index (χ1n) is 4.30. The van der Waals surface area contributed by atoms with E-state index >= 15 is 0 Å². The molecule has 1 fully saturated rings. The van der Waals surface area contributed by atoms with Crippen LogP contribution in [-0.4, -0.2) is 29.9 Å². The van der Waals surface area contributed by atoms with Crippen molar-refractivity contribution >= 4 is 11.8 Å². The molecule has 1 nitrogen and oxygen atoms in total. The van der Waals surface area contributed by atoms with Crippen LogP contribution in [0.3, 0.4) is 0 Å². The first-order valence-corrected chi connectivity index (χ1v) is 5.24. The topological polar surface area (TPSA) is 9.23 Å². The van der Waals surface area contributed by atoms with Crippen molar-refractivity contribution in [1.82, 2.24) is 0 Å². The molecule has 0 spiro atoms. The number of hydrogen-bond donors (Lipinski definition) is 0. The van der Waals surface area contributed by atoms with E-state index in [4.69, 9.17) is 4.74 Å². The number of rotatable bonds is 2. The highest BCUT2D eigenvalue weighted by atomic mass is 32.2. The molecule has 1 rings (SSSR count). The molecular formula is C8H13F3OS. The number of halogens is 3. The highest BCUT2D eigenvalue weighted by molar-refractivity contribution is 8.00. The summed E-state index contributed by atoms with van der Waals surface area (Å²) in [5.41, 5.74) is 0. The molecule has 0 aromatic rings. The Morgan fingerprint density at radius 1 is 1.46 bits per heavy atom. The van der Waals surface area contributed by atoms with Gasteiger partial charge in [-0.3, -0.25) is 0 Å². The Morgan fingerprint density at radius 2 is 2.15 bits per heavy atom. The van der Waals surface area contributed by atoms with Gasteiger partial charge in [0.15, 0.2) is 0 Å². The van der Waals surface area contributed by atoms with Gasteiger partial charge < -0.3 is 4.74 Å². The van der Waals surface area contributed by atoms with Gasteiger partial charge in [0.25, 0.3) is 0 Å². The van der Waals surface area contributed by atoms with Gasteiger partial charge in [0.05, 0.1) is 11.9 Å². The zero-order valence-electron chi connectivity index (χ0n) is 7.43. The minimum atomic E-state index is -4.08. The Balaban J connectivity index is 2.30. The SMILES string of the molecule is CC(SC1CCCOC1)C(F)(F)F. The summed E-state index contributed by atoms with van der Waals surface area (Å²) in [4.78, 5) is 0. The largest absolute Gasteiger partial charge is 0.400 e. The van der Waals surface area contributed by atoms with Crippen molar-refractivity contribution in [3.8, 4) is 0 Å². The van der Waals surface area contributed by atoms with E-state index in [1.165, 1.54) is 6.92 Å². The van der Waals surface area contributed by atoms with Crippen molar-refractivity contribution in [3.05, 3.63) is 0 Å². The molecule has 0 aromatic heterocycles. The first kappa shape index (κ1) is 11.2. The fraction of sp³-hybridized carbons (Fsp3) is 1.00. The van der Waals surface area contributed by atoms with Gasteiger partial charge in [-0.05, 0) is 19.8 Å². The second-order valence-corrected chi connectivity index (χ2v) is 4.81. The molecular weight excluding hydrogens is 201 g/mol. The lowest BCUT2D eigenvalue weighted by Crippen LogP contribution is -2.28. The lowest BCUT2D eigenvalue weighted by molar-refractivity contribution is -0.125. The van der Waals surface area contributed by atoms with Crippen molar-refractivity contribution in [2.75, 3.05) is 13.2 Å². The van der Waals surface area contributed by atoms with Crippen molar-refractivity contribution in [2.24, 2.45) is 0 Å². The fourth-order valence-electron chi connectivity index (χ4n) is 1.18. The Kier molecular flexibility index (Phi) is 3.91. The minimum absolute atomic E-state index is 0.0189. The van der Waals surface area contributed by atoms with E-state index in [0.29, 0.717) is 13.2 Å². The van der Waals surface area contributed by atoms with Crippen LogP contribution < -0.4 is 0 Å². The summed E-state index contributed by atoms with van der Waals surface area (Å²) >= 11 is 0.977. The fourth-order valence-corrected chi connectivity index (χ4v) is 2.39. The second-order valence-electron chi connectivity index (χ2n) is 3.16. The molecule has 0 aliphatic carbocycles. The van der Waals surface area contributed by atoms with Crippen LogP contribution in [0.2, 0.25) is 0 Å². The summed E-state index contributed by atoms with van der Waals surface area (Å²) in [6, 6.07) is 0. The van der Waals surface area contributed by atoms with Gasteiger partial charge in [-0.2, -0.15) is 13.2 Å². The third-order valence-electron chi connectivity index (χ3n) is 1.98. The van der Waals surface area contributed by atoms with Crippen LogP contribution in [-0.2, 0) is 4.74 Å². The Hall–Kier alpha value is 0.100. The van der Waals surface area contributed by atoms with Crippen LogP contribution >= 0.6 is 11.8 Å². The molecule has 13 heavy (non-hydrogen) atoms. The zero-order valence-corrected chi connectivity index (χ0v) is 8.25. The highest BCUT2D eigenvalue weighted by Crippen LogP contribution is 2.34. The van der Waals surface area contributed by atoms with E-state index in [-0.39, 0.29) is 5.25 Å². The standard InChI is InChI=1S/C8H13F3OS/c1-6(8(9,10)11)13-7-3-2-4-12-5-7/h6-7H,2-5H2,1H3. The number of hydrogen-bond acceptors (Lipinski definition) is 2. The predicted octanol–water partition coefficient (Wildman–Crippen LogP) is 2.85. The van der Waals surface area contributed by atoms with E-state index in [9.17, 15) is 13.2 Å². The maximum atomic E-state index is 12.1. The highest BCUT2D eigenvalue weighted by Gasteiger charge is 2.38. The van der Waals surface area contributed by atoms with Crippen molar-refractivity contribution in [1.29, 1.82) is 0 Å². The van der Waals surface area contributed by atoms with Crippen molar-refractivity contribution < 1.29 is 17.9 Å². The number of thioether (sulfide) groups is 1. The van der Waals surface area contributed by atoms with Gasteiger partial charge in [0.2, 0.25) is 0 Å². The van der Waals surface area contributed by atoms with Gasteiger partial charge in [-0.1, -0.05) is 0 Å². The second kappa shape index (κ2) is 4.55. The average Bonchev–Trinajstić information content (AvgIpc) is 2.04. The summed E-state index contributed by atoms with van der Waals surface area (Å²) in [5, 5.41) is -1.26. The molecule has 1 aliphatic heterocycles. The quantitative estimate of drug-likeness (QED) is 0.699. The maximum Gasteiger partial charge on any atom is 0.400 e. The Morgan fingerprint density at radius 3 is 2.62 bits per heavy atom. The van der Waals surface area contributed by atoms with Crippen molar-refractivity contribution in [3.63, 3.8) is 0 Å². The van der Waals surface area contributed by atoms with E-state index in [2.05, 4.69) is 0 Å². The van der Waals surface area contributed by atoms with E-state index in [1.807, 2.05) is 0 Å². The lowest BCUT2D eigenvalue weighted by atomic mass is 10.2. The molecule has 0 saturated carbocycles. The molecule has 2 atom stereocenters. The van der Waals surface area contributed by atoms with Crippen LogP contribution in [0.25, 0.3) is 0 Å². The third kappa shape index (κ3) is 3.77. The molecule has 1 heterocycles. The Bertz CT molecular complexity index is 154. The monoisotopic (exact) mass is 214 g/mol. The van der Waals surface area contributed by atoms with Crippen LogP contribution in [0.15, 0.2) is 0 Å². The molecule has 78 valence electrons. The molecule has 5 heteroatoms. The molecule has 0 amide bonds. The summed E-state index contributed by atoms with van der Waals surface area (Å²) in [6.07, 6.45) is -2.37. The molecule has 0 bridgehead atoms. The average molecular weight is 214 g/mol. The first-order chi connectivity index (χ1) is 6.00. The molecule has 1 saturated heterocycles. The van der Waals surface area contributed by atoms with Crippen LogP contribution in [0, 0.1) is 0 Å². The summed E-state index contributed by atoms with van der Waals surface area (Å²) < 4.78 is 41.5. The predicted molar refractivity (Wildman–Crippen MR) is 46.9 cm³/mol. The molecule has 2 unspecified atom stereocenters. The van der Waals surface area contributed by atoms with Crippen LogP contribution in [0.4, 0.5) is 13.2 Å². The van der Waals surface area contributed by atoms with Crippen molar-refractivity contribution in [2.45, 2.75) is 36.4 Å². The maximum absolute atomic E-state index is 12.1. The van der Waals surface area contributed by atoms with Crippen LogP contribution in [0.1, 0.15) is 19.8 Å². The molecule has 0 N–H and O–H groups in total. The third-order valence-corrected chi connectivity index (χ3v) is 3.41. The summed E-state index contributed by atoms with van der Waals surface area (Å²) in [7, 11) is 0.